The Morgan fingerprint density at radius 3 is 2.62 bits per heavy atom. The van der Waals surface area contributed by atoms with E-state index >= 15 is 0 Å². The monoisotopic (exact) mass is 326 g/mol. The molecule has 5 heteroatoms. The zero-order valence-electron chi connectivity index (χ0n) is 14.0. The van der Waals surface area contributed by atoms with Gasteiger partial charge < -0.3 is 15.4 Å². The van der Waals surface area contributed by atoms with Gasteiger partial charge in [-0.3, -0.25) is 9.59 Å². The summed E-state index contributed by atoms with van der Waals surface area (Å²) in [5.41, 5.74) is 2.35. The summed E-state index contributed by atoms with van der Waals surface area (Å²) in [7, 11) is 0. The first kappa shape index (κ1) is 17.7. The fourth-order valence-corrected chi connectivity index (χ4v) is 2.20. The highest BCUT2D eigenvalue weighted by Crippen LogP contribution is 2.16. The molecule has 0 spiro atoms. The number of nitrogens with one attached hydrogen (secondary N) is 2. The largest absolute Gasteiger partial charge is 0.484 e. The van der Waals surface area contributed by atoms with E-state index in [0.717, 1.165) is 17.8 Å². The Balaban J connectivity index is 1.94. The van der Waals surface area contributed by atoms with Crippen molar-refractivity contribution in [3.63, 3.8) is 0 Å². The number of hydrogen-bond acceptors (Lipinski definition) is 4. The minimum Gasteiger partial charge on any atom is -0.484 e. The van der Waals surface area contributed by atoms with E-state index in [2.05, 4.69) is 10.6 Å². The van der Waals surface area contributed by atoms with Crippen molar-refractivity contribution >= 4 is 17.4 Å². The predicted molar refractivity (Wildman–Crippen MR) is 94.4 cm³/mol. The summed E-state index contributed by atoms with van der Waals surface area (Å²) in [6, 6.07) is 14.4. The summed E-state index contributed by atoms with van der Waals surface area (Å²) >= 11 is 0. The number of anilines is 1. The van der Waals surface area contributed by atoms with E-state index in [9.17, 15) is 9.59 Å². The third-order valence-corrected chi connectivity index (χ3v) is 3.47. The number of benzene rings is 2. The van der Waals surface area contributed by atoms with Crippen LogP contribution in [0.1, 0.15) is 29.8 Å². The third-order valence-electron chi connectivity index (χ3n) is 3.47. The molecule has 0 bridgehead atoms. The van der Waals surface area contributed by atoms with Gasteiger partial charge in [-0.2, -0.15) is 0 Å². The molecule has 0 unspecified atom stereocenters. The van der Waals surface area contributed by atoms with Gasteiger partial charge in [0.25, 0.3) is 5.91 Å². The SMILES string of the molecule is CCNCc1ccccc1NC(=O)COc1cccc(C(C)=O)c1. The number of amides is 1. The van der Waals surface area contributed by atoms with Crippen LogP contribution in [0.5, 0.6) is 5.75 Å². The highest BCUT2D eigenvalue weighted by Gasteiger charge is 2.08. The maximum absolute atomic E-state index is 12.1. The molecule has 2 aromatic rings. The summed E-state index contributed by atoms with van der Waals surface area (Å²) in [5.74, 6) is 0.216. The molecule has 0 aromatic heterocycles. The summed E-state index contributed by atoms with van der Waals surface area (Å²) in [6.45, 7) is 4.96. The van der Waals surface area contributed by atoms with Crippen molar-refractivity contribution in [3.8, 4) is 5.75 Å². The maximum Gasteiger partial charge on any atom is 0.262 e. The number of para-hydroxylation sites is 1. The lowest BCUT2D eigenvalue weighted by atomic mass is 10.1. The van der Waals surface area contributed by atoms with E-state index in [0.29, 0.717) is 17.9 Å². The van der Waals surface area contributed by atoms with Crippen LogP contribution in [0, 0.1) is 0 Å². The normalized spacial score (nSPS) is 10.2. The summed E-state index contributed by atoms with van der Waals surface area (Å²) in [6.07, 6.45) is 0. The second-order valence-electron chi connectivity index (χ2n) is 5.36. The molecule has 24 heavy (non-hydrogen) atoms. The molecule has 1 amide bonds. The van der Waals surface area contributed by atoms with Gasteiger partial charge >= 0.3 is 0 Å². The number of hydrogen-bond donors (Lipinski definition) is 2. The zero-order chi connectivity index (χ0) is 17.4. The van der Waals surface area contributed by atoms with E-state index < -0.39 is 0 Å². The van der Waals surface area contributed by atoms with Crippen LogP contribution in [0.15, 0.2) is 48.5 Å². The average molecular weight is 326 g/mol. The Hall–Kier alpha value is -2.66. The smallest absolute Gasteiger partial charge is 0.262 e. The first-order valence-corrected chi connectivity index (χ1v) is 7.92. The van der Waals surface area contributed by atoms with Gasteiger partial charge in [0.05, 0.1) is 0 Å². The fourth-order valence-electron chi connectivity index (χ4n) is 2.20. The number of carbonyl (C=O) groups excluding carboxylic acids is 2. The van der Waals surface area contributed by atoms with E-state index in [1.165, 1.54) is 6.92 Å². The number of rotatable bonds is 8. The van der Waals surface area contributed by atoms with Crippen LogP contribution in [0.2, 0.25) is 0 Å². The highest BCUT2D eigenvalue weighted by atomic mass is 16.5. The topological polar surface area (TPSA) is 67.4 Å². The maximum atomic E-state index is 12.1. The van der Waals surface area contributed by atoms with E-state index in [1.807, 2.05) is 31.2 Å². The minimum atomic E-state index is -0.243. The van der Waals surface area contributed by atoms with Crippen LogP contribution in [0.3, 0.4) is 0 Å². The van der Waals surface area contributed by atoms with Crippen LogP contribution < -0.4 is 15.4 Å². The lowest BCUT2D eigenvalue weighted by molar-refractivity contribution is -0.118. The number of ether oxygens (including phenoxy) is 1. The molecule has 2 aromatic carbocycles. The molecule has 2 N–H and O–H groups in total. The van der Waals surface area contributed by atoms with Crippen molar-refractivity contribution in [2.24, 2.45) is 0 Å². The lowest BCUT2D eigenvalue weighted by Crippen LogP contribution is -2.22. The van der Waals surface area contributed by atoms with Gasteiger partial charge in [-0.25, -0.2) is 0 Å². The van der Waals surface area contributed by atoms with Gasteiger partial charge in [0, 0.05) is 17.8 Å². The van der Waals surface area contributed by atoms with Crippen molar-refractivity contribution in [2.45, 2.75) is 20.4 Å². The van der Waals surface area contributed by atoms with Crippen molar-refractivity contribution in [2.75, 3.05) is 18.5 Å². The van der Waals surface area contributed by atoms with Gasteiger partial charge in [0.1, 0.15) is 5.75 Å². The second-order valence-corrected chi connectivity index (χ2v) is 5.36. The molecule has 0 fully saturated rings. The Morgan fingerprint density at radius 1 is 1.08 bits per heavy atom. The molecule has 0 atom stereocenters. The molecule has 126 valence electrons. The standard InChI is InChI=1S/C19H22N2O3/c1-3-20-12-16-7-4-5-10-18(16)21-19(23)13-24-17-9-6-8-15(11-17)14(2)22/h4-11,20H,3,12-13H2,1-2H3,(H,21,23). The number of Topliss-reactive ketones (excluding diaryl/α,β-unsaturated/α-hetero) is 1. The first-order chi connectivity index (χ1) is 11.6. The molecule has 0 saturated heterocycles. The van der Waals surface area contributed by atoms with E-state index in [-0.39, 0.29) is 18.3 Å². The third kappa shape index (κ3) is 5.21. The molecule has 0 aliphatic heterocycles. The van der Waals surface area contributed by atoms with Crippen LogP contribution >= 0.6 is 0 Å². The van der Waals surface area contributed by atoms with Gasteiger partial charge in [-0.05, 0) is 37.2 Å². The van der Waals surface area contributed by atoms with Crippen molar-refractivity contribution in [1.82, 2.24) is 5.32 Å². The Morgan fingerprint density at radius 2 is 1.88 bits per heavy atom. The van der Waals surface area contributed by atoms with Crippen molar-refractivity contribution < 1.29 is 14.3 Å². The van der Waals surface area contributed by atoms with E-state index in [1.54, 1.807) is 24.3 Å². The number of carbonyl (C=O) groups is 2. The summed E-state index contributed by atoms with van der Waals surface area (Å²) in [4.78, 5) is 23.5. The fraction of sp³-hybridized carbons (Fsp3) is 0.263. The lowest BCUT2D eigenvalue weighted by Gasteiger charge is -2.12. The number of ketones is 1. The molecule has 2 rings (SSSR count). The van der Waals surface area contributed by atoms with Crippen LogP contribution in [-0.4, -0.2) is 24.8 Å². The zero-order valence-corrected chi connectivity index (χ0v) is 14.0. The molecular formula is C19H22N2O3. The van der Waals surface area contributed by atoms with Crippen molar-refractivity contribution in [1.29, 1.82) is 0 Å². The van der Waals surface area contributed by atoms with Gasteiger partial charge in [0.15, 0.2) is 12.4 Å². The van der Waals surface area contributed by atoms with Crippen LogP contribution in [0.25, 0.3) is 0 Å². The Kier molecular flexibility index (Phi) is 6.51. The molecule has 0 aliphatic carbocycles. The molecule has 0 heterocycles. The highest BCUT2D eigenvalue weighted by molar-refractivity contribution is 5.94. The van der Waals surface area contributed by atoms with Gasteiger partial charge in [0.2, 0.25) is 0 Å². The van der Waals surface area contributed by atoms with Crippen LogP contribution in [0.4, 0.5) is 5.69 Å². The summed E-state index contributed by atoms with van der Waals surface area (Å²) in [5, 5.41) is 6.09. The molecule has 0 radical (unpaired) electrons. The summed E-state index contributed by atoms with van der Waals surface area (Å²) < 4.78 is 5.47. The minimum absolute atomic E-state index is 0.0396. The average Bonchev–Trinajstić information content (AvgIpc) is 2.59. The van der Waals surface area contributed by atoms with E-state index in [4.69, 9.17) is 4.74 Å². The van der Waals surface area contributed by atoms with Crippen molar-refractivity contribution in [3.05, 3.63) is 59.7 Å². The Labute approximate surface area is 142 Å². The first-order valence-electron chi connectivity index (χ1n) is 7.92. The second kappa shape index (κ2) is 8.84. The molecule has 0 aliphatic rings. The molecule has 0 saturated carbocycles. The quantitative estimate of drug-likeness (QED) is 0.732. The predicted octanol–water partition coefficient (Wildman–Crippen LogP) is 3.02. The van der Waals surface area contributed by atoms with Gasteiger partial charge in [-0.1, -0.05) is 37.3 Å². The van der Waals surface area contributed by atoms with Gasteiger partial charge in [-0.15, -0.1) is 0 Å². The Bertz CT molecular complexity index is 713. The molecule has 5 nitrogen and oxygen atoms in total. The molecular weight excluding hydrogens is 304 g/mol. The van der Waals surface area contributed by atoms with Crippen LogP contribution in [-0.2, 0) is 11.3 Å².